The van der Waals surface area contributed by atoms with E-state index in [0.29, 0.717) is 0 Å². The van der Waals surface area contributed by atoms with E-state index in [1.165, 1.54) is 39.1 Å². The van der Waals surface area contributed by atoms with Crippen LogP contribution in [0.3, 0.4) is 0 Å². The van der Waals surface area contributed by atoms with Crippen LogP contribution in [-0.2, 0) is 4.74 Å². The van der Waals surface area contributed by atoms with Crippen molar-refractivity contribution in [1.82, 2.24) is 9.80 Å². The molecule has 5 aliphatic heterocycles. The Balaban J connectivity index is 1.41. The highest BCUT2D eigenvalue weighted by atomic mass is 16.5. The lowest BCUT2D eigenvalue weighted by molar-refractivity contribution is 0.166. The zero-order valence-electron chi connectivity index (χ0n) is 15.5. The van der Waals surface area contributed by atoms with Crippen molar-refractivity contribution in [3.63, 3.8) is 0 Å². The van der Waals surface area contributed by atoms with Crippen molar-refractivity contribution in [2.75, 3.05) is 13.1 Å². The molecule has 0 saturated carbocycles. The molecule has 3 nitrogen and oxygen atoms in total. The van der Waals surface area contributed by atoms with E-state index in [-0.39, 0.29) is 12.1 Å². The second kappa shape index (κ2) is 5.20. The molecule has 0 aromatic carbocycles. The minimum Gasteiger partial charge on any atom is -0.480 e. The predicted molar refractivity (Wildman–Crippen MR) is 110 cm³/mol. The first-order valence-corrected chi connectivity index (χ1v) is 10.1. The van der Waals surface area contributed by atoms with E-state index in [1.54, 1.807) is 0 Å². The minimum absolute atomic E-state index is 0.0163. The quantitative estimate of drug-likeness (QED) is 0.641. The molecular formula is C25H20N2O. The van der Waals surface area contributed by atoms with Gasteiger partial charge in [0.05, 0.1) is 11.7 Å². The van der Waals surface area contributed by atoms with Gasteiger partial charge < -0.3 is 14.5 Å². The van der Waals surface area contributed by atoms with Gasteiger partial charge in [-0.1, -0.05) is 36.5 Å². The van der Waals surface area contributed by atoms with Gasteiger partial charge in [0.25, 0.3) is 0 Å². The maximum atomic E-state index is 6.77. The number of hydrogen-bond acceptors (Lipinski definition) is 3. The van der Waals surface area contributed by atoms with Gasteiger partial charge >= 0.3 is 0 Å². The highest BCUT2D eigenvalue weighted by Gasteiger charge is 2.40. The van der Waals surface area contributed by atoms with Gasteiger partial charge in [0.2, 0.25) is 0 Å². The average Bonchev–Trinajstić information content (AvgIpc) is 2.74. The molecule has 28 heavy (non-hydrogen) atoms. The second-order valence-electron chi connectivity index (χ2n) is 8.15. The monoisotopic (exact) mass is 364 g/mol. The summed E-state index contributed by atoms with van der Waals surface area (Å²) in [6.07, 6.45) is 28.1. The van der Waals surface area contributed by atoms with Crippen molar-refractivity contribution in [3.05, 3.63) is 118 Å². The lowest BCUT2D eigenvalue weighted by Crippen LogP contribution is -2.42. The van der Waals surface area contributed by atoms with Crippen LogP contribution in [0, 0.1) is 0 Å². The Hall–Kier alpha value is -3.20. The Bertz CT molecular complexity index is 1130. The third-order valence-electron chi connectivity index (χ3n) is 6.54. The van der Waals surface area contributed by atoms with Gasteiger partial charge in [-0.3, -0.25) is 0 Å². The minimum atomic E-state index is -0.0163. The van der Waals surface area contributed by atoms with Gasteiger partial charge in [-0.2, -0.15) is 0 Å². The number of rotatable bonds is 0. The van der Waals surface area contributed by atoms with Crippen LogP contribution in [0.1, 0.15) is 6.42 Å². The van der Waals surface area contributed by atoms with Crippen molar-refractivity contribution in [3.8, 4) is 0 Å². The van der Waals surface area contributed by atoms with Crippen LogP contribution in [-0.4, -0.2) is 35.0 Å². The maximum absolute atomic E-state index is 6.77. The molecule has 0 saturated heterocycles. The van der Waals surface area contributed by atoms with E-state index in [2.05, 4.69) is 83.0 Å². The van der Waals surface area contributed by atoms with Gasteiger partial charge in [0.15, 0.2) is 6.10 Å². The summed E-state index contributed by atoms with van der Waals surface area (Å²) in [6.45, 7) is 1.90. The zero-order valence-corrected chi connectivity index (χ0v) is 15.5. The molecule has 5 heterocycles. The molecule has 2 aliphatic carbocycles. The molecule has 7 aliphatic rings. The molecule has 0 amide bonds. The van der Waals surface area contributed by atoms with Gasteiger partial charge in [0.1, 0.15) is 5.76 Å². The maximum Gasteiger partial charge on any atom is 0.151 e. The second-order valence-corrected chi connectivity index (χ2v) is 8.15. The van der Waals surface area contributed by atoms with Crippen molar-refractivity contribution in [2.24, 2.45) is 0 Å². The average molecular weight is 364 g/mol. The molecule has 3 heteroatoms. The Morgan fingerprint density at radius 1 is 0.929 bits per heavy atom. The van der Waals surface area contributed by atoms with Crippen molar-refractivity contribution < 1.29 is 4.74 Å². The molecule has 0 radical (unpaired) electrons. The summed E-state index contributed by atoms with van der Waals surface area (Å²) in [5.74, 6) is 1.05. The topological polar surface area (TPSA) is 15.7 Å². The van der Waals surface area contributed by atoms with E-state index < -0.39 is 0 Å². The van der Waals surface area contributed by atoms with Gasteiger partial charge in [-0.25, -0.2) is 0 Å². The fraction of sp³-hybridized carbons (Fsp3) is 0.200. The SMILES string of the molecule is C1=CN2CC=CC3=CC4=C(OC5C(=C4)C=C4CC=CN6CC=CC5=C46)C(=C1)C32. The Morgan fingerprint density at radius 3 is 2.86 bits per heavy atom. The molecule has 136 valence electrons. The van der Waals surface area contributed by atoms with Crippen LogP contribution in [0.5, 0.6) is 0 Å². The summed E-state index contributed by atoms with van der Waals surface area (Å²) >= 11 is 0. The van der Waals surface area contributed by atoms with Crippen LogP contribution in [0.4, 0.5) is 0 Å². The first-order valence-electron chi connectivity index (χ1n) is 10.1. The normalized spacial score (nSPS) is 30.6. The fourth-order valence-electron chi connectivity index (χ4n) is 5.41. The molecule has 7 rings (SSSR count). The highest BCUT2D eigenvalue weighted by Crippen LogP contribution is 2.46. The molecule has 2 atom stereocenters. The number of nitrogens with zero attached hydrogens (tertiary/aromatic N) is 2. The van der Waals surface area contributed by atoms with Crippen LogP contribution < -0.4 is 0 Å². The number of ether oxygens (including phenoxy) is 1. The number of fused-ring (bicyclic) bond motifs is 3. The largest absolute Gasteiger partial charge is 0.480 e. The molecule has 0 aromatic rings. The Morgan fingerprint density at radius 2 is 1.86 bits per heavy atom. The van der Waals surface area contributed by atoms with Gasteiger partial charge in [-0.15, -0.1) is 0 Å². The molecular weight excluding hydrogens is 344 g/mol. The summed E-state index contributed by atoms with van der Waals surface area (Å²) in [5.41, 5.74) is 9.17. The van der Waals surface area contributed by atoms with Crippen LogP contribution in [0.15, 0.2) is 118 Å². The van der Waals surface area contributed by atoms with E-state index >= 15 is 0 Å². The molecule has 0 aromatic heterocycles. The molecule has 0 bridgehead atoms. The Labute approximate surface area is 164 Å². The first-order chi connectivity index (χ1) is 13.9. The van der Waals surface area contributed by atoms with E-state index in [9.17, 15) is 0 Å². The van der Waals surface area contributed by atoms with Crippen molar-refractivity contribution in [2.45, 2.75) is 18.6 Å². The zero-order chi connectivity index (χ0) is 18.2. The lowest BCUT2D eigenvalue weighted by atomic mass is 9.79. The molecule has 0 N–H and O–H groups in total. The first kappa shape index (κ1) is 14.8. The Kier molecular flexibility index (Phi) is 2.75. The van der Waals surface area contributed by atoms with Crippen LogP contribution in [0.25, 0.3) is 0 Å². The third kappa shape index (κ3) is 1.84. The summed E-state index contributed by atoms with van der Waals surface area (Å²) in [6, 6.07) is 0.284. The fourth-order valence-corrected chi connectivity index (χ4v) is 5.41. The lowest BCUT2D eigenvalue weighted by Gasteiger charge is -2.44. The van der Waals surface area contributed by atoms with E-state index in [0.717, 1.165) is 25.3 Å². The number of allylic oxidation sites excluding steroid dienone is 7. The third-order valence-corrected chi connectivity index (χ3v) is 6.54. The highest BCUT2D eigenvalue weighted by molar-refractivity contribution is 5.66. The standard InChI is InChI=1S/C25H20N2O/c1-5-16-13-18-15-19-14-17-6-2-10-27-12-4-8-21(23(17)27)25(19)28-24(18)20-7-3-11-26(9-1)22(16)20/h1-5,7-8,10-11,13-15,22,25H,6,9,12H2. The van der Waals surface area contributed by atoms with Gasteiger partial charge in [0, 0.05) is 42.2 Å². The predicted octanol–water partition coefficient (Wildman–Crippen LogP) is 4.18. The summed E-state index contributed by atoms with van der Waals surface area (Å²) in [5, 5.41) is 0. The van der Waals surface area contributed by atoms with Crippen molar-refractivity contribution >= 4 is 0 Å². The summed E-state index contributed by atoms with van der Waals surface area (Å²) in [7, 11) is 0. The van der Waals surface area contributed by atoms with E-state index in [1.807, 2.05) is 0 Å². The van der Waals surface area contributed by atoms with E-state index in [4.69, 9.17) is 4.74 Å². The molecule has 0 fully saturated rings. The van der Waals surface area contributed by atoms with Crippen LogP contribution >= 0.6 is 0 Å². The smallest absolute Gasteiger partial charge is 0.151 e. The van der Waals surface area contributed by atoms with Crippen LogP contribution in [0.2, 0.25) is 0 Å². The summed E-state index contributed by atoms with van der Waals surface area (Å²) < 4.78 is 6.77. The van der Waals surface area contributed by atoms with Gasteiger partial charge in [-0.05, 0) is 47.4 Å². The molecule has 2 unspecified atom stereocenters. The number of hydrogen-bond donors (Lipinski definition) is 0. The summed E-state index contributed by atoms with van der Waals surface area (Å²) in [4.78, 5) is 4.74. The molecule has 0 spiro atoms. The van der Waals surface area contributed by atoms with Crippen molar-refractivity contribution in [1.29, 1.82) is 0 Å².